The number of anilines is 1. The lowest BCUT2D eigenvalue weighted by atomic mass is 9.98. The van der Waals surface area contributed by atoms with Gasteiger partial charge in [-0.05, 0) is 80.1 Å². The van der Waals surface area contributed by atoms with Gasteiger partial charge in [0, 0.05) is 50.5 Å². The molecule has 4 heterocycles. The van der Waals surface area contributed by atoms with Crippen molar-refractivity contribution >= 4 is 5.69 Å². The Balaban J connectivity index is 1.10. The number of rotatable bonds is 4. The maximum absolute atomic E-state index is 5.77. The molecule has 0 saturated carbocycles. The molecule has 32 heavy (non-hydrogen) atoms. The van der Waals surface area contributed by atoms with Crippen molar-refractivity contribution in [3.05, 3.63) is 53.1 Å². The zero-order valence-corrected chi connectivity index (χ0v) is 19.3. The zero-order chi connectivity index (χ0) is 21.5. The lowest BCUT2D eigenvalue weighted by Gasteiger charge is -2.31. The van der Waals surface area contributed by atoms with Gasteiger partial charge in [-0.1, -0.05) is 12.1 Å². The number of ether oxygens (including phenoxy) is 2. The van der Waals surface area contributed by atoms with E-state index >= 15 is 0 Å². The zero-order valence-electron chi connectivity index (χ0n) is 19.3. The Labute approximate surface area is 191 Å². The Morgan fingerprint density at radius 1 is 0.906 bits per heavy atom. The molecule has 0 aliphatic carbocycles. The van der Waals surface area contributed by atoms with Crippen molar-refractivity contribution < 1.29 is 9.47 Å². The quantitative estimate of drug-likeness (QED) is 0.725. The molecule has 2 aromatic rings. The van der Waals surface area contributed by atoms with Gasteiger partial charge in [0.15, 0.2) is 11.5 Å². The predicted molar refractivity (Wildman–Crippen MR) is 128 cm³/mol. The van der Waals surface area contributed by atoms with Gasteiger partial charge < -0.3 is 14.4 Å². The third kappa shape index (κ3) is 3.97. The van der Waals surface area contributed by atoms with E-state index in [9.17, 15) is 0 Å². The molecule has 4 aliphatic heterocycles. The molecule has 170 valence electrons. The topological polar surface area (TPSA) is 28.2 Å². The van der Waals surface area contributed by atoms with E-state index in [1.165, 1.54) is 55.7 Å². The molecule has 0 spiro atoms. The highest BCUT2D eigenvalue weighted by Crippen LogP contribution is 2.33. The maximum atomic E-state index is 5.77. The molecule has 0 aromatic heterocycles. The van der Waals surface area contributed by atoms with Crippen LogP contribution in [0.1, 0.15) is 42.9 Å². The van der Waals surface area contributed by atoms with E-state index in [0.29, 0.717) is 13.2 Å². The van der Waals surface area contributed by atoms with E-state index in [4.69, 9.17) is 9.47 Å². The minimum atomic E-state index is 0.644. The summed E-state index contributed by atoms with van der Waals surface area (Å²) in [5.74, 6) is 1.77. The van der Waals surface area contributed by atoms with Gasteiger partial charge in [0.05, 0.1) is 0 Å². The summed E-state index contributed by atoms with van der Waals surface area (Å²) < 4.78 is 11.4. The van der Waals surface area contributed by atoms with Gasteiger partial charge in [-0.25, -0.2) is 0 Å². The number of nitrogens with zero attached hydrogens (tertiary/aromatic N) is 3. The fourth-order valence-corrected chi connectivity index (χ4v) is 6.12. The molecule has 2 fully saturated rings. The van der Waals surface area contributed by atoms with Crippen LogP contribution in [0.4, 0.5) is 5.69 Å². The van der Waals surface area contributed by atoms with Crippen molar-refractivity contribution in [2.75, 3.05) is 44.3 Å². The van der Waals surface area contributed by atoms with Crippen LogP contribution in [0.3, 0.4) is 0 Å². The average molecular weight is 434 g/mol. The van der Waals surface area contributed by atoms with Crippen molar-refractivity contribution in [1.29, 1.82) is 0 Å². The second-order valence-electron chi connectivity index (χ2n) is 10.0. The van der Waals surface area contributed by atoms with Gasteiger partial charge in [-0.15, -0.1) is 0 Å². The first-order valence-corrected chi connectivity index (χ1v) is 12.5. The summed E-state index contributed by atoms with van der Waals surface area (Å²) in [5.41, 5.74) is 5.76. The third-order valence-corrected chi connectivity index (χ3v) is 7.90. The lowest BCUT2D eigenvalue weighted by Crippen LogP contribution is -2.39. The number of likely N-dealkylation sites (tertiary alicyclic amines) is 1. The molecule has 2 unspecified atom stereocenters. The van der Waals surface area contributed by atoms with Crippen LogP contribution in [0.25, 0.3) is 0 Å². The maximum Gasteiger partial charge on any atom is 0.161 e. The Bertz CT molecular complexity index is 977. The summed E-state index contributed by atoms with van der Waals surface area (Å²) >= 11 is 0. The highest BCUT2D eigenvalue weighted by Gasteiger charge is 2.33. The monoisotopic (exact) mass is 433 g/mol. The van der Waals surface area contributed by atoms with Gasteiger partial charge in [0.1, 0.15) is 13.2 Å². The molecule has 5 heteroatoms. The molecule has 5 nitrogen and oxygen atoms in total. The molecular weight excluding hydrogens is 398 g/mol. The minimum Gasteiger partial charge on any atom is -0.486 e. The molecule has 2 aromatic carbocycles. The summed E-state index contributed by atoms with van der Waals surface area (Å²) in [7, 11) is 0. The van der Waals surface area contributed by atoms with Gasteiger partial charge in [-0.2, -0.15) is 0 Å². The Kier molecular flexibility index (Phi) is 5.48. The van der Waals surface area contributed by atoms with Crippen LogP contribution in [0.2, 0.25) is 0 Å². The summed E-state index contributed by atoms with van der Waals surface area (Å²) in [6, 6.07) is 15.1. The highest BCUT2D eigenvalue weighted by atomic mass is 16.6. The van der Waals surface area contributed by atoms with Crippen LogP contribution in [-0.4, -0.2) is 61.3 Å². The van der Waals surface area contributed by atoms with Crippen LogP contribution in [-0.2, 0) is 19.5 Å². The number of fused-ring (bicyclic) bond motifs is 2. The molecule has 6 rings (SSSR count). The van der Waals surface area contributed by atoms with Crippen molar-refractivity contribution in [1.82, 2.24) is 9.80 Å². The molecule has 4 aliphatic rings. The first-order valence-electron chi connectivity index (χ1n) is 12.5. The molecule has 0 radical (unpaired) electrons. The van der Waals surface area contributed by atoms with Crippen LogP contribution < -0.4 is 14.4 Å². The molecule has 0 bridgehead atoms. The van der Waals surface area contributed by atoms with Gasteiger partial charge in [-0.3, -0.25) is 9.80 Å². The standard InChI is InChI=1S/C27H35N3O2/c1-20-3-2-10-30(20)25-9-12-29(19-25)24-6-5-23-18-28(11-8-22(23)16-24)17-21-4-7-26-27(15-21)32-14-13-31-26/h4-7,15-16,20,25H,2-3,8-14,17-19H2,1H3. The first kappa shape index (κ1) is 20.4. The summed E-state index contributed by atoms with van der Waals surface area (Å²) in [4.78, 5) is 7.93. The molecule has 0 N–H and O–H groups in total. The minimum absolute atomic E-state index is 0.644. The van der Waals surface area contributed by atoms with Crippen molar-refractivity contribution in [2.45, 2.75) is 57.8 Å². The van der Waals surface area contributed by atoms with Crippen LogP contribution in [0.5, 0.6) is 11.5 Å². The van der Waals surface area contributed by atoms with Crippen molar-refractivity contribution in [3.8, 4) is 11.5 Å². The molecular formula is C27H35N3O2. The average Bonchev–Trinajstić information content (AvgIpc) is 3.47. The normalized spacial score (nSPS) is 25.8. The lowest BCUT2D eigenvalue weighted by molar-refractivity contribution is 0.171. The largest absolute Gasteiger partial charge is 0.486 e. The first-order chi connectivity index (χ1) is 15.7. The van der Waals surface area contributed by atoms with Gasteiger partial charge >= 0.3 is 0 Å². The van der Waals surface area contributed by atoms with Crippen molar-refractivity contribution in [3.63, 3.8) is 0 Å². The second-order valence-corrected chi connectivity index (χ2v) is 10.0. The van der Waals surface area contributed by atoms with Crippen molar-refractivity contribution in [2.24, 2.45) is 0 Å². The van der Waals surface area contributed by atoms with Crippen LogP contribution >= 0.6 is 0 Å². The molecule has 2 saturated heterocycles. The van der Waals surface area contributed by atoms with Gasteiger partial charge in [0.25, 0.3) is 0 Å². The van der Waals surface area contributed by atoms with Crippen LogP contribution in [0.15, 0.2) is 36.4 Å². The van der Waals surface area contributed by atoms with E-state index in [1.54, 1.807) is 5.56 Å². The van der Waals surface area contributed by atoms with Crippen LogP contribution in [0, 0.1) is 0 Å². The predicted octanol–water partition coefficient (Wildman–Crippen LogP) is 4.08. The summed E-state index contributed by atoms with van der Waals surface area (Å²) in [5, 5.41) is 0. The van der Waals surface area contributed by atoms with E-state index < -0.39 is 0 Å². The van der Waals surface area contributed by atoms with E-state index in [-0.39, 0.29) is 0 Å². The van der Waals surface area contributed by atoms with E-state index in [2.05, 4.69) is 58.0 Å². The number of hydrogen-bond acceptors (Lipinski definition) is 5. The SMILES string of the molecule is CC1CCCN1C1CCN(c2ccc3c(c2)CCN(Cc2ccc4c(c2)OCCO4)C3)C1. The second kappa shape index (κ2) is 8.60. The highest BCUT2D eigenvalue weighted by molar-refractivity contribution is 5.53. The molecule has 0 amide bonds. The van der Waals surface area contributed by atoms with E-state index in [1.807, 2.05) is 0 Å². The number of benzene rings is 2. The number of hydrogen-bond donors (Lipinski definition) is 0. The van der Waals surface area contributed by atoms with E-state index in [0.717, 1.165) is 49.6 Å². The fraction of sp³-hybridized carbons (Fsp3) is 0.556. The molecule has 2 atom stereocenters. The summed E-state index contributed by atoms with van der Waals surface area (Å²) in [6.07, 6.45) is 5.19. The third-order valence-electron chi connectivity index (χ3n) is 7.90. The Hall–Kier alpha value is -2.24. The summed E-state index contributed by atoms with van der Waals surface area (Å²) in [6.45, 7) is 10.5. The van der Waals surface area contributed by atoms with Gasteiger partial charge in [0.2, 0.25) is 0 Å². The smallest absolute Gasteiger partial charge is 0.161 e. The Morgan fingerprint density at radius 3 is 2.69 bits per heavy atom. The Morgan fingerprint density at radius 2 is 1.81 bits per heavy atom. The fourth-order valence-electron chi connectivity index (χ4n) is 6.12.